The van der Waals surface area contributed by atoms with Gasteiger partial charge in [0.2, 0.25) is 0 Å². The molecule has 1 saturated carbocycles. The normalized spacial score (nSPS) is 23.8. The molecule has 1 aliphatic carbocycles. The summed E-state index contributed by atoms with van der Waals surface area (Å²) in [7, 11) is 0. The molecule has 2 fully saturated rings. The summed E-state index contributed by atoms with van der Waals surface area (Å²) in [4.78, 5) is 26.5. The highest BCUT2D eigenvalue weighted by molar-refractivity contribution is 5.77. The third-order valence-corrected chi connectivity index (χ3v) is 3.91. The molecule has 2 amide bonds. The fourth-order valence-electron chi connectivity index (χ4n) is 2.56. The van der Waals surface area contributed by atoms with Gasteiger partial charge in [0, 0.05) is 25.7 Å². The predicted octanol–water partition coefficient (Wildman–Crippen LogP) is 0.360. The number of hydrogen-bond donors (Lipinski definition) is 2. The molecule has 0 radical (unpaired) electrons. The highest BCUT2D eigenvalue weighted by atomic mass is 16.4. The van der Waals surface area contributed by atoms with Crippen molar-refractivity contribution in [3.63, 3.8) is 0 Å². The minimum Gasteiger partial charge on any atom is -0.481 e. The van der Waals surface area contributed by atoms with Crippen LogP contribution >= 0.6 is 0 Å². The van der Waals surface area contributed by atoms with Gasteiger partial charge in [-0.25, -0.2) is 4.79 Å². The van der Waals surface area contributed by atoms with Crippen molar-refractivity contribution in [3.8, 4) is 0 Å². The molecule has 6 nitrogen and oxygen atoms in total. The molecule has 2 rings (SSSR count). The lowest BCUT2D eigenvalue weighted by Crippen LogP contribution is -2.51. The molecule has 2 aliphatic rings. The summed E-state index contributed by atoms with van der Waals surface area (Å²) in [6.07, 6.45) is 3.63. The molecular formula is C12H20N2O4. The lowest BCUT2D eigenvalue weighted by atomic mass is 9.91. The number of rotatable bonds is 4. The molecule has 0 aromatic rings. The topological polar surface area (TPSA) is 81.1 Å². The van der Waals surface area contributed by atoms with Crippen molar-refractivity contribution in [1.29, 1.82) is 0 Å². The third kappa shape index (κ3) is 2.58. The number of aliphatic hydroxyl groups is 1. The Morgan fingerprint density at radius 1 is 1.28 bits per heavy atom. The van der Waals surface area contributed by atoms with Crippen molar-refractivity contribution in [2.75, 3.05) is 26.2 Å². The number of amides is 2. The molecule has 1 atom stereocenters. The van der Waals surface area contributed by atoms with Gasteiger partial charge in [0.05, 0.1) is 12.5 Å². The van der Waals surface area contributed by atoms with Gasteiger partial charge in [-0.2, -0.15) is 0 Å². The molecule has 2 N–H and O–H groups in total. The fourth-order valence-corrected chi connectivity index (χ4v) is 2.56. The van der Waals surface area contributed by atoms with Crippen LogP contribution in [0.25, 0.3) is 0 Å². The predicted molar refractivity (Wildman–Crippen MR) is 64.1 cm³/mol. The second-order valence-corrected chi connectivity index (χ2v) is 5.05. The maximum absolute atomic E-state index is 12.3. The van der Waals surface area contributed by atoms with E-state index in [0.29, 0.717) is 26.1 Å². The summed E-state index contributed by atoms with van der Waals surface area (Å²) in [5, 5.41) is 18.0. The van der Waals surface area contributed by atoms with Crippen LogP contribution in [0.4, 0.5) is 4.79 Å². The van der Waals surface area contributed by atoms with Crippen LogP contribution in [0.2, 0.25) is 0 Å². The molecule has 0 bridgehead atoms. The van der Waals surface area contributed by atoms with E-state index in [-0.39, 0.29) is 18.7 Å². The van der Waals surface area contributed by atoms with Crippen molar-refractivity contribution in [3.05, 3.63) is 0 Å². The van der Waals surface area contributed by atoms with E-state index in [2.05, 4.69) is 0 Å². The Morgan fingerprint density at radius 2 is 2.00 bits per heavy atom. The Bertz CT molecular complexity index is 330. The van der Waals surface area contributed by atoms with Gasteiger partial charge in [-0.15, -0.1) is 0 Å². The number of likely N-dealkylation sites (tertiary alicyclic amines) is 1. The summed E-state index contributed by atoms with van der Waals surface area (Å²) in [6.45, 7) is 1.10. The van der Waals surface area contributed by atoms with E-state index in [1.54, 1.807) is 9.80 Å². The lowest BCUT2D eigenvalue weighted by molar-refractivity contribution is -0.141. The molecule has 6 heteroatoms. The van der Waals surface area contributed by atoms with E-state index in [9.17, 15) is 9.59 Å². The number of hydrogen-bond acceptors (Lipinski definition) is 3. The van der Waals surface area contributed by atoms with Gasteiger partial charge in [-0.3, -0.25) is 4.79 Å². The van der Waals surface area contributed by atoms with E-state index >= 15 is 0 Å². The van der Waals surface area contributed by atoms with Gasteiger partial charge >= 0.3 is 12.0 Å². The van der Waals surface area contributed by atoms with Crippen LogP contribution in [-0.4, -0.2) is 64.3 Å². The number of carboxylic acid groups (broad SMARTS) is 1. The molecule has 1 unspecified atom stereocenters. The first-order valence-corrected chi connectivity index (χ1v) is 6.52. The standard InChI is InChI=1S/C12H20N2O4/c15-7-6-14(10-2-1-3-10)12(18)13-5-4-9(8-13)11(16)17/h9-10,15H,1-8H2,(H,16,17). The summed E-state index contributed by atoms with van der Waals surface area (Å²) in [5.41, 5.74) is 0. The van der Waals surface area contributed by atoms with Crippen molar-refractivity contribution in [2.24, 2.45) is 5.92 Å². The highest BCUT2D eigenvalue weighted by Gasteiger charge is 2.36. The number of urea groups is 1. The molecule has 18 heavy (non-hydrogen) atoms. The molecule has 0 spiro atoms. The number of aliphatic hydroxyl groups excluding tert-OH is 1. The summed E-state index contributed by atoms with van der Waals surface area (Å²) in [5.74, 6) is -1.27. The number of nitrogens with zero attached hydrogens (tertiary/aromatic N) is 2. The van der Waals surface area contributed by atoms with Crippen molar-refractivity contribution in [1.82, 2.24) is 9.80 Å². The number of carboxylic acids is 1. The van der Waals surface area contributed by atoms with E-state index in [4.69, 9.17) is 10.2 Å². The monoisotopic (exact) mass is 256 g/mol. The zero-order chi connectivity index (χ0) is 13.1. The highest BCUT2D eigenvalue weighted by Crippen LogP contribution is 2.27. The average molecular weight is 256 g/mol. The third-order valence-electron chi connectivity index (χ3n) is 3.91. The van der Waals surface area contributed by atoms with E-state index < -0.39 is 11.9 Å². The maximum Gasteiger partial charge on any atom is 0.320 e. The Balaban J connectivity index is 1.94. The van der Waals surface area contributed by atoms with E-state index in [1.807, 2.05) is 0 Å². The first-order valence-electron chi connectivity index (χ1n) is 6.52. The van der Waals surface area contributed by atoms with Gasteiger partial charge in [0.15, 0.2) is 0 Å². The van der Waals surface area contributed by atoms with Gasteiger partial charge in [-0.05, 0) is 25.7 Å². The van der Waals surface area contributed by atoms with Crippen LogP contribution in [0.1, 0.15) is 25.7 Å². The quantitative estimate of drug-likeness (QED) is 0.761. The minimum atomic E-state index is -0.831. The molecule has 1 aliphatic heterocycles. The first-order chi connectivity index (χ1) is 8.63. The SMILES string of the molecule is O=C(O)C1CCN(C(=O)N(CCO)C2CCC2)C1. The Hall–Kier alpha value is -1.30. The molecule has 1 heterocycles. The van der Waals surface area contributed by atoms with Gasteiger partial charge in [0.25, 0.3) is 0 Å². The van der Waals surface area contributed by atoms with Gasteiger partial charge < -0.3 is 20.0 Å². The van der Waals surface area contributed by atoms with Crippen LogP contribution in [0, 0.1) is 5.92 Å². The van der Waals surface area contributed by atoms with Crippen LogP contribution in [-0.2, 0) is 4.79 Å². The first kappa shape index (κ1) is 13.1. The van der Waals surface area contributed by atoms with Crippen molar-refractivity contribution >= 4 is 12.0 Å². The Kier molecular flexibility index (Phi) is 4.06. The zero-order valence-electron chi connectivity index (χ0n) is 10.4. The molecule has 1 saturated heterocycles. The molecule has 0 aromatic carbocycles. The summed E-state index contributed by atoms with van der Waals surface area (Å²) >= 11 is 0. The second-order valence-electron chi connectivity index (χ2n) is 5.05. The smallest absolute Gasteiger partial charge is 0.320 e. The maximum atomic E-state index is 12.3. The minimum absolute atomic E-state index is 0.0432. The molecule has 102 valence electrons. The van der Waals surface area contributed by atoms with Gasteiger partial charge in [-0.1, -0.05) is 0 Å². The van der Waals surface area contributed by atoms with Gasteiger partial charge in [0.1, 0.15) is 0 Å². The lowest BCUT2D eigenvalue weighted by Gasteiger charge is -2.39. The average Bonchev–Trinajstić information content (AvgIpc) is 2.74. The zero-order valence-corrected chi connectivity index (χ0v) is 10.4. The number of aliphatic carboxylic acids is 1. The molecular weight excluding hydrogens is 236 g/mol. The van der Waals surface area contributed by atoms with Crippen LogP contribution in [0.5, 0.6) is 0 Å². The van der Waals surface area contributed by atoms with Crippen molar-refractivity contribution in [2.45, 2.75) is 31.7 Å². The number of carbonyl (C=O) groups is 2. The largest absolute Gasteiger partial charge is 0.481 e. The van der Waals surface area contributed by atoms with Crippen molar-refractivity contribution < 1.29 is 19.8 Å². The van der Waals surface area contributed by atoms with Crippen LogP contribution in [0.3, 0.4) is 0 Å². The van der Waals surface area contributed by atoms with Crippen LogP contribution < -0.4 is 0 Å². The summed E-state index contributed by atoms with van der Waals surface area (Å²) in [6, 6.07) is 0.117. The summed E-state index contributed by atoms with van der Waals surface area (Å²) < 4.78 is 0. The van der Waals surface area contributed by atoms with E-state index in [1.165, 1.54) is 0 Å². The second kappa shape index (κ2) is 5.56. The van der Waals surface area contributed by atoms with Crippen LogP contribution in [0.15, 0.2) is 0 Å². The number of carbonyl (C=O) groups excluding carboxylic acids is 1. The Morgan fingerprint density at radius 3 is 2.44 bits per heavy atom. The van der Waals surface area contributed by atoms with E-state index in [0.717, 1.165) is 19.3 Å². The fraction of sp³-hybridized carbons (Fsp3) is 0.833. The Labute approximate surface area is 106 Å². The molecule has 0 aromatic heterocycles.